The quantitative estimate of drug-likeness (QED) is 0.285. The monoisotopic (exact) mass is 346 g/mol. The number of hydrogen-bond acceptors (Lipinski definition) is 10. The zero-order chi connectivity index (χ0) is 17.4. The number of rotatable bonds is 10. The molecular weight excluding hydrogens is 328 g/mol. The predicted octanol–water partition coefficient (Wildman–Crippen LogP) is -3.75. The molecule has 0 aliphatic carbocycles. The molecule has 0 aliphatic heterocycles. The van der Waals surface area contributed by atoms with Crippen molar-refractivity contribution in [3.05, 3.63) is 0 Å². The summed E-state index contributed by atoms with van der Waals surface area (Å²) >= 11 is 0. The van der Waals surface area contributed by atoms with Gasteiger partial charge in [0, 0.05) is 0 Å². The zero-order valence-corrected chi connectivity index (χ0v) is 14.4. The molecule has 0 amide bonds. The third-order valence-corrected chi connectivity index (χ3v) is 1.49. The molecule has 0 heterocycles. The molecule has 10 nitrogen and oxygen atoms in total. The maximum Gasteiger partial charge on any atom is 2.00 e. The minimum absolute atomic E-state index is 0. The number of carboxylic acids is 2. The molecule has 0 unspecified atom stereocenters. The van der Waals surface area contributed by atoms with Gasteiger partial charge < -0.3 is 38.7 Å². The summed E-state index contributed by atoms with van der Waals surface area (Å²) in [5.41, 5.74) is 0. The van der Waals surface area contributed by atoms with Crippen LogP contribution >= 0.6 is 0 Å². The molecule has 0 atom stereocenters. The first-order valence-electron chi connectivity index (χ1n) is 6.19. The number of carbonyl (C=O) groups excluding carboxylic acids is 4. The second-order valence-corrected chi connectivity index (χ2v) is 3.34. The summed E-state index contributed by atoms with van der Waals surface area (Å²) in [6.07, 6.45) is 0. The fraction of sp³-hybridized carbons (Fsp3) is 0.667. The summed E-state index contributed by atoms with van der Waals surface area (Å²) in [6, 6.07) is 0. The molecule has 128 valence electrons. The number of hydrogen-bond donors (Lipinski definition) is 0. The van der Waals surface area contributed by atoms with Crippen LogP contribution in [0, 0.1) is 0 Å². The molecule has 0 N–H and O–H groups in total. The van der Waals surface area contributed by atoms with Crippen molar-refractivity contribution in [2.45, 2.75) is 13.8 Å². The van der Waals surface area contributed by atoms with Crippen molar-refractivity contribution in [1.29, 1.82) is 0 Å². The summed E-state index contributed by atoms with van der Waals surface area (Å²) in [5.74, 6) is -3.86. The molecule has 0 aromatic rings. The molecule has 0 radical (unpaired) electrons. The Hall–Kier alpha value is -1.43. The predicted molar refractivity (Wildman–Crippen MR) is 70.7 cm³/mol. The Labute approximate surface area is 149 Å². The van der Waals surface area contributed by atoms with E-state index in [1.165, 1.54) is 0 Å². The molecule has 0 aliphatic rings. The van der Waals surface area contributed by atoms with Crippen LogP contribution < -0.4 is 10.2 Å². The summed E-state index contributed by atoms with van der Waals surface area (Å²) in [5, 5.41) is 19.5. The molecule has 0 fully saturated rings. The van der Waals surface area contributed by atoms with E-state index >= 15 is 0 Å². The van der Waals surface area contributed by atoms with Gasteiger partial charge in [0.15, 0.2) is 0 Å². The molecule has 0 rings (SSSR count). The third-order valence-electron chi connectivity index (χ3n) is 1.49. The van der Waals surface area contributed by atoms with Crippen molar-refractivity contribution in [3.63, 3.8) is 0 Å². The largest absolute Gasteiger partial charge is 2.00 e. The first-order valence-corrected chi connectivity index (χ1v) is 6.19. The van der Waals surface area contributed by atoms with E-state index in [1.54, 1.807) is 13.8 Å². The number of carbonyl (C=O) groups is 4. The van der Waals surface area contributed by atoms with Crippen LogP contribution in [0.4, 0.5) is 0 Å². The van der Waals surface area contributed by atoms with Crippen LogP contribution in [0.1, 0.15) is 13.8 Å². The van der Waals surface area contributed by atoms with Crippen LogP contribution in [0.3, 0.4) is 0 Å². The van der Waals surface area contributed by atoms with Gasteiger partial charge in [-0.15, -0.1) is 0 Å². The maximum absolute atomic E-state index is 10.5. The Balaban J connectivity index is -0.000000333. The number of esters is 2. The van der Waals surface area contributed by atoms with Crippen molar-refractivity contribution in [3.8, 4) is 0 Å². The SMILES string of the molecule is CCOC(=O)COCC(=O)[O-].CCOC(=O)COCC(=O)[O-].[Mg+2]. The summed E-state index contributed by atoms with van der Waals surface area (Å²) in [7, 11) is 0. The minimum atomic E-state index is -1.35. The first-order chi connectivity index (χ1) is 10.3. The van der Waals surface area contributed by atoms with Gasteiger partial charge in [0.2, 0.25) is 0 Å². The molecule has 0 aromatic carbocycles. The Morgan fingerprint density at radius 1 is 0.696 bits per heavy atom. The summed E-state index contributed by atoms with van der Waals surface area (Å²) < 4.78 is 17.6. The van der Waals surface area contributed by atoms with E-state index in [2.05, 4.69) is 18.9 Å². The second kappa shape index (κ2) is 18.6. The van der Waals surface area contributed by atoms with Crippen molar-refractivity contribution >= 4 is 46.9 Å². The summed E-state index contributed by atoms with van der Waals surface area (Å²) in [4.78, 5) is 40.4. The van der Waals surface area contributed by atoms with Gasteiger partial charge in [-0.3, -0.25) is 0 Å². The van der Waals surface area contributed by atoms with Crippen LogP contribution in [0.2, 0.25) is 0 Å². The Morgan fingerprint density at radius 2 is 1.00 bits per heavy atom. The van der Waals surface area contributed by atoms with Crippen molar-refractivity contribution in [2.24, 2.45) is 0 Å². The molecular formula is C12H18MgO10. The number of ether oxygens (including phenoxy) is 4. The Bertz CT molecular complexity index is 324. The fourth-order valence-corrected chi connectivity index (χ4v) is 0.841. The molecule has 0 bridgehead atoms. The average molecular weight is 347 g/mol. The van der Waals surface area contributed by atoms with E-state index in [1.807, 2.05) is 0 Å². The van der Waals surface area contributed by atoms with Crippen LogP contribution in [0.15, 0.2) is 0 Å². The second-order valence-electron chi connectivity index (χ2n) is 3.34. The fourth-order valence-electron chi connectivity index (χ4n) is 0.841. The van der Waals surface area contributed by atoms with Crippen molar-refractivity contribution in [1.82, 2.24) is 0 Å². The van der Waals surface area contributed by atoms with Crippen LogP contribution in [0.5, 0.6) is 0 Å². The number of carboxylic acid groups (broad SMARTS) is 2. The Kier molecular flexibility index (Phi) is 21.4. The molecule has 0 saturated heterocycles. The van der Waals surface area contributed by atoms with E-state index in [0.29, 0.717) is 0 Å². The van der Waals surface area contributed by atoms with E-state index in [-0.39, 0.29) is 49.5 Å². The van der Waals surface area contributed by atoms with Gasteiger partial charge in [0.05, 0.1) is 38.4 Å². The van der Waals surface area contributed by atoms with E-state index in [4.69, 9.17) is 0 Å². The average Bonchev–Trinajstić information content (AvgIpc) is 2.39. The van der Waals surface area contributed by atoms with Gasteiger partial charge in [-0.2, -0.15) is 0 Å². The first kappa shape index (κ1) is 26.5. The Morgan fingerprint density at radius 3 is 1.22 bits per heavy atom. The van der Waals surface area contributed by atoms with Gasteiger partial charge in [0.1, 0.15) is 13.2 Å². The minimum Gasteiger partial charge on any atom is -0.548 e. The molecule has 0 saturated carbocycles. The molecule has 23 heavy (non-hydrogen) atoms. The van der Waals surface area contributed by atoms with E-state index in [0.717, 1.165) is 0 Å². The maximum atomic E-state index is 10.5. The number of aliphatic carboxylic acids is 2. The van der Waals surface area contributed by atoms with Crippen molar-refractivity contribution < 1.29 is 48.3 Å². The smallest absolute Gasteiger partial charge is 0.548 e. The topological polar surface area (TPSA) is 151 Å². The molecule has 0 spiro atoms. The van der Waals surface area contributed by atoms with Gasteiger partial charge >= 0.3 is 35.0 Å². The van der Waals surface area contributed by atoms with E-state index < -0.39 is 37.1 Å². The standard InChI is InChI=1S/2C6H10O5.Mg/c2*1-2-11-6(9)4-10-3-5(7)8;/h2*2-4H2,1H3,(H,7,8);/q;;+2/p-2. The zero-order valence-electron chi connectivity index (χ0n) is 13.0. The van der Waals surface area contributed by atoms with Crippen LogP contribution in [-0.2, 0) is 38.1 Å². The summed E-state index contributed by atoms with van der Waals surface area (Å²) in [6.45, 7) is 1.95. The van der Waals surface area contributed by atoms with Gasteiger partial charge in [0.25, 0.3) is 0 Å². The third kappa shape index (κ3) is 25.8. The van der Waals surface area contributed by atoms with Crippen LogP contribution in [0.25, 0.3) is 0 Å². The van der Waals surface area contributed by atoms with Crippen LogP contribution in [-0.4, -0.2) is 86.6 Å². The normalized spacial score (nSPS) is 8.78. The molecule has 0 aromatic heterocycles. The molecule has 11 heteroatoms. The van der Waals surface area contributed by atoms with Gasteiger partial charge in [-0.25, -0.2) is 9.59 Å². The van der Waals surface area contributed by atoms with Gasteiger partial charge in [-0.1, -0.05) is 0 Å². The van der Waals surface area contributed by atoms with Gasteiger partial charge in [-0.05, 0) is 13.8 Å². The van der Waals surface area contributed by atoms with Crippen molar-refractivity contribution in [2.75, 3.05) is 39.6 Å². The van der Waals surface area contributed by atoms with E-state index in [9.17, 15) is 29.4 Å².